The lowest BCUT2D eigenvalue weighted by Crippen LogP contribution is -2.30. The molecule has 2 rings (SSSR count). The Morgan fingerprint density at radius 3 is 3.07 bits per heavy atom. The Morgan fingerprint density at radius 2 is 2.21 bits per heavy atom. The average molecular weight is 209 g/mol. The number of hydrogen-bond acceptors (Lipinski definition) is 2. The maximum Gasteiger partial charge on any atom is 0.128 e. The first kappa shape index (κ1) is 9.53. The van der Waals surface area contributed by atoms with Gasteiger partial charge in [0.05, 0.1) is 0 Å². The molecule has 1 aromatic carbocycles. The third-order valence-electron chi connectivity index (χ3n) is 2.31. The Balaban J connectivity index is 2.22. The normalized spacial score (nSPS) is 14.5. The van der Waals surface area contributed by atoms with E-state index in [1.807, 2.05) is 6.07 Å². The van der Waals surface area contributed by atoms with Crippen molar-refractivity contribution in [2.24, 2.45) is 4.99 Å². The summed E-state index contributed by atoms with van der Waals surface area (Å²) in [6.07, 6.45) is 1.04. The van der Waals surface area contributed by atoms with Gasteiger partial charge in [0.25, 0.3) is 0 Å². The molecule has 0 amide bonds. The minimum absolute atomic E-state index is 0.612. The smallest absolute Gasteiger partial charge is 0.128 e. The molecule has 74 valence electrons. The average Bonchev–Trinajstić information content (AvgIpc) is 2.26. The van der Waals surface area contributed by atoms with E-state index in [2.05, 4.69) is 28.5 Å². The number of alkyl halides is 1. The quantitative estimate of drug-likeness (QED) is 0.737. The lowest BCUT2D eigenvalue weighted by Gasteiger charge is -2.17. The molecule has 1 N–H and O–H groups in total. The molecule has 2 nitrogen and oxygen atoms in total. The summed E-state index contributed by atoms with van der Waals surface area (Å²) in [5.74, 6) is 1.61. The Hall–Kier alpha value is -1.02. The topological polar surface area (TPSA) is 24.4 Å². The zero-order valence-corrected chi connectivity index (χ0v) is 8.72. The largest absolute Gasteiger partial charge is 0.369 e. The SMILES string of the molecule is ClCCNC1=NCCc2ccccc21. The molecular formula is C11H13ClN2. The molecular weight excluding hydrogens is 196 g/mol. The Labute approximate surface area is 89.0 Å². The van der Waals surface area contributed by atoms with E-state index in [1.165, 1.54) is 11.1 Å². The van der Waals surface area contributed by atoms with Crippen molar-refractivity contribution in [3.63, 3.8) is 0 Å². The van der Waals surface area contributed by atoms with Gasteiger partial charge in [-0.25, -0.2) is 0 Å². The molecule has 1 aromatic rings. The van der Waals surface area contributed by atoms with Crippen LogP contribution in [0.15, 0.2) is 29.3 Å². The van der Waals surface area contributed by atoms with Gasteiger partial charge >= 0.3 is 0 Å². The van der Waals surface area contributed by atoms with Gasteiger partial charge in [0.15, 0.2) is 0 Å². The highest BCUT2D eigenvalue weighted by molar-refractivity contribution is 6.18. The number of rotatable bonds is 2. The molecule has 0 saturated carbocycles. The second-order valence-electron chi connectivity index (χ2n) is 3.25. The zero-order chi connectivity index (χ0) is 9.80. The molecule has 0 aromatic heterocycles. The number of fused-ring (bicyclic) bond motifs is 1. The van der Waals surface area contributed by atoms with Crippen molar-refractivity contribution in [2.75, 3.05) is 19.0 Å². The lowest BCUT2D eigenvalue weighted by molar-refractivity contribution is 0.889. The van der Waals surface area contributed by atoms with Crippen molar-refractivity contribution in [2.45, 2.75) is 6.42 Å². The molecule has 0 atom stereocenters. The van der Waals surface area contributed by atoms with Crippen LogP contribution in [0, 0.1) is 0 Å². The minimum atomic E-state index is 0.612. The molecule has 0 bridgehead atoms. The summed E-state index contributed by atoms with van der Waals surface area (Å²) in [5, 5.41) is 3.25. The summed E-state index contributed by atoms with van der Waals surface area (Å²) in [4.78, 5) is 4.46. The minimum Gasteiger partial charge on any atom is -0.369 e. The summed E-state index contributed by atoms with van der Waals surface area (Å²) >= 11 is 5.63. The van der Waals surface area contributed by atoms with Gasteiger partial charge < -0.3 is 5.32 Å². The molecule has 14 heavy (non-hydrogen) atoms. The summed E-state index contributed by atoms with van der Waals surface area (Å²) in [6, 6.07) is 8.38. The van der Waals surface area contributed by atoms with Gasteiger partial charge in [-0.15, -0.1) is 11.6 Å². The van der Waals surface area contributed by atoms with Gasteiger partial charge in [-0.2, -0.15) is 0 Å². The van der Waals surface area contributed by atoms with Crippen molar-refractivity contribution in [1.29, 1.82) is 0 Å². The van der Waals surface area contributed by atoms with Gasteiger partial charge in [0.2, 0.25) is 0 Å². The number of nitrogens with one attached hydrogen (secondary N) is 1. The second-order valence-corrected chi connectivity index (χ2v) is 3.63. The van der Waals surface area contributed by atoms with E-state index in [1.54, 1.807) is 0 Å². The van der Waals surface area contributed by atoms with Crippen LogP contribution < -0.4 is 5.32 Å². The van der Waals surface area contributed by atoms with Crippen molar-refractivity contribution < 1.29 is 0 Å². The molecule has 1 heterocycles. The Bertz CT molecular complexity index is 347. The van der Waals surface area contributed by atoms with Crippen LogP contribution in [0.3, 0.4) is 0 Å². The molecule has 0 radical (unpaired) electrons. The molecule has 1 aliphatic heterocycles. The molecule has 0 aliphatic carbocycles. The van der Waals surface area contributed by atoms with Crippen molar-refractivity contribution >= 4 is 17.4 Å². The van der Waals surface area contributed by atoms with Gasteiger partial charge in [0, 0.05) is 24.5 Å². The van der Waals surface area contributed by atoms with E-state index in [0.29, 0.717) is 5.88 Å². The second kappa shape index (κ2) is 4.47. The summed E-state index contributed by atoms with van der Waals surface area (Å²) in [5.41, 5.74) is 2.60. The number of amidine groups is 1. The van der Waals surface area contributed by atoms with Crippen LogP contribution in [0.1, 0.15) is 11.1 Å². The number of halogens is 1. The van der Waals surface area contributed by atoms with Crippen molar-refractivity contribution in [1.82, 2.24) is 5.32 Å². The van der Waals surface area contributed by atoms with Gasteiger partial charge in [-0.3, -0.25) is 4.99 Å². The standard InChI is InChI=1S/C11H13ClN2/c12-6-8-14-11-10-4-2-1-3-9(10)5-7-13-11/h1-4H,5-8H2,(H,13,14). The van der Waals surface area contributed by atoms with Gasteiger partial charge in [-0.05, 0) is 12.0 Å². The molecule has 1 aliphatic rings. The predicted octanol–water partition coefficient (Wildman–Crippen LogP) is 1.82. The van der Waals surface area contributed by atoms with Crippen LogP contribution in [0.2, 0.25) is 0 Å². The maximum absolute atomic E-state index is 5.63. The number of hydrogen-bond donors (Lipinski definition) is 1. The Morgan fingerprint density at radius 1 is 1.36 bits per heavy atom. The highest BCUT2D eigenvalue weighted by Crippen LogP contribution is 2.14. The molecule has 0 fully saturated rings. The van der Waals surface area contributed by atoms with Crippen LogP contribution in [0.5, 0.6) is 0 Å². The predicted molar refractivity (Wildman–Crippen MR) is 60.3 cm³/mol. The first-order chi connectivity index (χ1) is 6.92. The van der Waals surface area contributed by atoms with Crippen LogP contribution in [0.4, 0.5) is 0 Å². The summed E-state index contributed by atoms with van der Waals surface area (Å²) < 4.78 is 0. The first-order valence-electron chi connectivity index (χ1n) is 4.84. The molecule has 0 saturated heterocycles. The number of aliphatic imine (C=N–C) groups is 1. The van der Waals surface area contributed by atoms with E-state index >= 15 is 0 Å². The first-order valence-corrected chi connectivity index (χ1v) is 5.38. The molecule has 3 heteroatoms. The summed E-state index contributed by atoms with van der Waals surface area (Å²) in [6.45, 7) is 1.65. The third-order valence-corrected chi connectivity index (χ3v) is 2.50. The maximum atomic E-state index is 5.63. The third kappa shape index (κ3) is 1.90. The van der Waals surface area contributed by atoms with E-state index in [-0.39, 0.29) is 0 Å². The van der Waals surface area contributed by atoms with E-state index in [4.69, 9.17) is 11.6 Å². The fourth-order valence-corrected chi connectivity index (χ4v) is 1.75. The van der Waals surface area contributed by atoms with Crippen LogP contribution in [-0.2, 0) is 6.42 Å². The van der Waals surface area contributed by atoms with Crippen LogP contribution >= 0.6 is 11.6 Å². The molecule has 0 unspecified atom stereocenters. The lowest BCUT2D eigenvalue weighted by atomic mass is 10.0. The monoisotopic (exact) mass is 208 g/mol. The molecule has 0 spiro atoms. The van der Waals surface area contributed by atoms with Crippen molar-refractivity contribution in [3.05, 3.63) is 35.4 Å². The Kier molecular flexibility index (Phi) is 3.04. The van der Waals surface area contributed by atoms with E-state index < -0.39 is 0 Å². The number of nitrogens with zero attached hydrogens (tertiary/aromatic N) is 1. The highest BCUT2D eigenvalue weighted by atomic mass is 35.5. The van der Waals surface area contributed by atoms with Gasteiger partial charge in [0.1, 0.15) is 5.84 Å². The van der Waals surface area contributed by atoms with E-state index in [9.17, 15) is 0 Å². The zero-order valence-electron chi connectivity index (χ0n) is 7.96. The summed E-state index contributed by atoms with van der Waals surface area (Å²) in [7, 11) is 0. The fourth-order valence-electron chi connectivity index (χ4n) is 1.66. The highest BCUT2D eigenvalue weighted by Gasteiger charge is 2.11. The van der Waals surface area contributed by atoms with Gasteiger partial charge in [-0.1, -0.05) is 24.3 Å². The fraction of sp³-hybridized carbons (Fsp3) is 0.364. The van der Waals surface area contributed by atoms with Crippen LogP contribution in [-0.4, -0.2) is 24.8 Å². The van der Waals surface area contributed by atoms with E-state index in [0.717, 1.165) is 25.3 Å². The van der Waals surface area contributed by atoms with Crippen molar-refractivity contribution in [3.8, 4) is 0 Å². The number of benzene rings is 1. The van der Waals surface area contributed by atoms with Crippen LogP contribution in [0.25, 0.3) is 0 Å².